The van der Waals surface area contributed by atoms with E-state index in [2.05, 4.69) is 4.98 Å². The molecule has 1 heterocycles. The number of aldehydes is 1. The Bertz CT molecular complexity index is 350. The molecule has 0 atom stereocenters. The molecule has 1 aromatic rings. The van der Waals surface area contributed by atoms with Crippen molar-refractivity contribution in [2.24, 2.45) is 5.92 Å². The molecule has 0 unspecified atom stereocenters. The van der Waals surface area contributed by atoms with Crippen LogP contribution in [0.1, 0.15) is 23.2 Å². The second-order valence-electron chi connectivity index (χ2n) is 3.42. The smallest absolute Gasteiger partial charge is 0.224 e. The van der Waals surface area contributed by atoms with Crippen molar-refractivity contribution in [2.75, 3.05) is 6.61 Å². The number of ether oxygens (including phenoxy) is 1. The first-order valence-electron chi connectivity index (χ1n) is 4.53. The van der Waals surface area contributed by atoms with Crippen molar-refractivity contribution in [2.45, 2.75) is 12.8 Å². The zero-order valence-corrected chi connectivity index (χ0v) is 8.33. The molecular weight excluding hydrogens is 202 g/mol. The van der Waals surface area contributed by atoms with Gasteiger partial charge >= 0.3 is 0 Å². The molecular formula is C10H10ClNO2. The molecule has 1 fully saturated rings. The van der Waals surface area contributed by atoms with E-state index in [4.69, 9.17) is 16.3 Å². The number of carbonyl (C=O) groups excluding carboxylic acids is 1. The van der Waals surface area contributed by atoms with Gasteiger partial charge in [-0.2, -0.15) is 0 Å². The van der Waals surface area contributed by atoms with Gasteiger partial charge in [0.2, 0.25) is 5.88 Å². The maximum atomic E-state index is 10.7. The summed E-state index contributed by atoms with van der Waals surface area (Å²) in [6.45, 7) is 0.648. The summed E-state index contributed by atoms with van der Waals surface area (Å²) in [5, 5.41) is 0.450. The molecule has 0 bridgehead atoms. The summed E-state index contributed by atoms with van der Waals surface area (Å²) in [5.74, 6) is 1.03. The summed E-state index contributed by atoms with van der Waals surface area (Å²) in [4.78, 5) is 14.6. The maximum absolute atomic E-state index is 10.7. The van der Waals surface area contributed by atoms with E-state index in [1.807, 2.05) is 0 Å². The molecule has 4 heteroatoms. The van der Waals surface area contributed by atoms with Crippen LogP contribution in [0.4, 0.5) is 0 Å². The Kier molecular flexibility index (Phi) is 2.68. The van der Waals surface area contributed by atoms with Gasteiger partial charge in [0.1, 0.15) is 0 Å². The first-order chi connectivity index (χ1) is 6.79. The Labute approximate surface area is 87.0 Å². The van der Waals surface area contributed by atoms with Crippen LogP contribution in [0.25, 0.3) is 0 Å². The quantitative estimate of drug-likeness (QED) is 0.718. The Hall–Kier alpha value is -1.09. The number of aromatic nitrogens is 1. The second-order valence-corrected chi connectivity index (χ2v) is 3.86. The van der Waals surface area contributed by atoms with Gasteiger partial charge in [-0.15, -0.1) is 0 Å². The Morgan fingerprint density at radius 1 is 1.64 bits per heavy atom. The van der Waals surface area contributed by atoms with Crippen LogP contribution in [0.2, 0.25) is 5.02 Å². The van der Waals surface area contributed by atoms with E-state index in [1.165, 1.54) is 19.0 Å². The van der Waals surface area contributed by atoms with Crippen LogP contribution in [-0.2, 0) is 0 Å². The van der Waals surface area contributed by atoms with Crippen LogP contribution in [0.3, 0.4) is 0 Å². The monoisotopic (exact) mass is 211 g/mol. The first-order valence-corrected chi connectivity index (χ1v) is 4.91. The highest BCUT2D eigenvalue weighted by Crippen LogP contribution is 2.29. The molecule has 1 aliphatic carbocycles. The number of halogens is 1. The summed E-state index contributed by atoms with van der Waals surface area (Å²) in [7, 11) is 0. The Morgan fingerprint density at radius 2 is 2.43 bits per heavy atom. The third-order valence-electron chi connectivity index (χ3n) is 2.13. The van der Waals surface area contributed by atoms with E-state index in [0.717, 1.165) is 0 Å². The minimum Gasteiger partial charge on any atom is -0.477 e. The topological polar surface area (TPSA) is 39.2 Å². The van der Waals surface area contributed by atoms with Crippen molar-refractivity contribution in [3.8, 4) is 5.88 Å². The van der Waals surface area contributed by atoms with Gasteiger partial charge < -0.3 is 4.74 Å². The molecule has 1 aliphatic rings. The summed E-state index contributed by atoms with van der Waals surface area (Å²) < 4.78 is 5.41. The van der Waals surface area contributed by atoms with Gasteiger partial charge in [-0.25, -0.2) is 4.98 Å². The lowest BCUT2D eigenvalue weighted by Gasteiger charge is -2.05. The van der Waals surface area contributed by atoms with Crippen LogP contribution in [-0.4, -0.2) is 17.9 Å². The van der Waals surface area contributed by atoms with Gasteiger partial charge in [-0.1, -0.05) is 11.6 Å². The molecule has 0 amide bonds. The molecule has 74 valence electrons. The second kappa shape index (κ2) is 3.96. The van der Waals surface area contributed by atoms with Crippen LogP contribution in [0.5, 0.6) is 5.88 Å². The number of rotatable bonds is 4. The SMILES string of the molecule is O=Cc1cc(Cl)cnc1OCC1CC1. The lowest BCUT2D eigenvalue weighted by molar-refractivity contribution is 0.111. The van der Waals surface area contributed by atoms with Gasteiger partial charge in [0.15, 0.2) is 6.29 Å². The first kappa shape index (κ1) is 9.46. The van der Waals surface area contributed by atoms with Crippen LogP contribution in [0, 0.1) is 5.92 Å². The molecule has 2 rings (SSSR count). The molecule has 1 aromatic heterocycles. The van der Waals surface area contributed by atoms with Crippen molar-refractivity contribution < 1.29 is 9.53 Å². The van der Waals surface area contributed by atoms with Crippen molar-refractivity contribution in [3.05, 3.63) is 22.8 Å². The fourth-order valence-electron chi connectivity index (χ4n) is 1.13. The number of pyridine rings is 1. The zero-order valence-electron chi connectivity index (χ0n) is 7.57. The Balaban J connectivity index is 2.09. The van der Waals surface area contributed by atoms with Gasteiger partial charge in [-0.3, -0.25) is 4.79 Å². The van der Waals surface area contributed by atoms with Gasteiger partial charge in [-0.05, 0) is 24.8 Å². The number of hydrogen-bond donors (Lipinski definition) is 0. The summed E-state index contributed by atoms with van der Waals surface area (Å²) in [5.41, 5.74) is 0.415. The van der Waals surface area contributed by atoms with Crippen molar-refractivity contribution >= 4 is 17.9 Å². The normalized spacial score (nSPS) is 15.2. The molecule has 0 spiro atoms. The van der Waals surface area contributed by atoms with Gasteiger partial charge in [0.05, 0.1) is 17.2 Å². The minimum absolute atomic E-state index is 0.385. The van der Waals surface area contributed by atoms with Gasteiger partial charge in [0.25, 0.3) is 0 Å². The molecule has 0 N–H and O–H groups in total. The van der Waals surface area contributed by atoms with Gasteiger partial charge in [0, 0.05) is 6.20 Å². The highest BCUT2D eigenvalue weighted by atomic mass is 35.5. The zero-order chi connectivity index (χ0) is 9.97. The van der Waals surface area contributed by atoms with Crippen LogP contribution in [0.15, 0.2) is 12.3 Å². The number of carbonyl (C=O) groups is 1. The average molecular weight is 212 g/mol. The van der Waals surface area contributed by atoms with Crippen LogP contribution >= 0.6 is 11.6 Å². The Morgan fingerprint density at radius 3 is 3.07 bits per heavy atom. The van der Waals surface area contributed by atoms with E-state index < -0.39 is 0 Å². The van der Waals surface area contributed by atoms with E-state index >= 15 is 0 Å². The number of hydrogen-bond acceptors (Lipinski definition) is 3. The van der Waals surface area contributed by atoms with E-state index in [0.29, 0.717) is 35.3 Å². The van der Waals surface area contributed by atoms with Crippen molar-refractivity contribution in [1.82, 2.24) is 4.98 Å². The summed E-state index contributed by atoms with van der Waals surface area (Å²) in [6.07, 6.45) is 4.62. The molecule has 0 radical (unpaired) electrons. The fourth-order valence-corrected chi connectivity index (χ4v) is 1.30. The van der Waals surface area contributed by atoms with E-state index in [-0.39, 0.29) is 0 Å². The summed E-state index contributed by atoms with van der Waals surface area (Å²) in [6, 6.07) is 1.56. The highest BCUT2D eigenvalue weighted by molar-refractivity contribution is 6.30. The maximum Gasteiger partial charge on any atom is 0.224 e. The number of nitrogens with zero attached hydrogens (tertiary/aromatic N) is 1. The average Bonchev–Trinajstić information content (AvgIpc) is 2.99. The largest absolute Gasteiger partial charge is 0.477 e. The highest BCUT2D eigenvalue weighted by Gasteiger charge is 2.22. The van der Waals surface area contributed by atoms with Crippen molar-refractivity contribution in [3.63, 3.8) is 0 Å². The molecule has 14 heavy (non-hydrogen) atoms. The predicted octanol–water partition coefficient (Wildman–Crippen LogP) is 2.34. The molecule has 0 aliphatic heterocycles. The lowest BCUT2D eigenvalue weighted by atomic mass is 10.3. The van der Waals surface area contributed by atoms with E-state index in [9.17, 15) is 4.79 Å². The fraction of sp³-hybridized carbons (Fsp3) is 0.400. The predicted molar refractivity (Wildman–Crippen MR) is 52.9 cm³/mol. The van der Waals surface area contributed by atoms with E-state index in [1.54, 1.807) is 6.07 Å². The molecule has 0 aromatic carbocycles. The van der Waals surface area contributed by atoms with Crippen LogP contribution < -0.4 is 4.74 Å². The lowest BCUT2D eigenvalue weighted by Crippen LogP contribution is -2.03. The summed E-state index contributed by atoms with van der Waals surface area (Å²) >= 11 is 5.69. The standard InChI is InChI=1S/C10H10ClNO2/c11-9-3-8(5-13)10(12-4-9)14-6-7-1-2-7/h3-5,7H,1-2,6H2. The molecule has 3 nitrogen and oxygen atoms in total. The minimum atomic E-state index is 0.385. The third-order valence-corrected chi connectivity index (χ3v) is 2.33. The third kappa shape index (κ3) is 2.23. The molecule has 1 saturated carbocycles. The molecule has 0 saturated heterocycles. The van der Waals surface area contributed by atoms with Crippen molar-refractivity contribution in [1.29, 1.82) is 0 Å².